The quantitative estimate of drug-likeness (QED) is 0.621. The van der Waals surface area contributed by atoms with E-state index in [1.54, 1.807) is 19.1 Å². The molecule has 1 amide bonds. The van der Waals surface area contributed by atoms with Crippen molar-refractivity contribution in [3.05, 3.63) is 39.4 Å². The minimum atomic E-state index is -0.562. The van der Waals surface area contributed by atoms with Crippen molar-refractivity contribution in [3.63, 3.8) is 0 Å². The third-order valence-electron chi connectivity index (χ3n) is 3.30. The van der Waals surface area contributed by atoms with Gasteiger partial charge in [-0.15, -0.1) is 0 Å². The van der Waals surface area contributed by atoms with Crippen LogP contribution in [0.5, 0.6) is 0 Å². The Balaban J connectivity index is 2.09. The van der Waals surface area contributed by atoms with Gasteiger partial charge in [-0.05, 0) is 31.7 Å². The predicted octanol–water partition coefficient (Wildman–Crippen LogP) is 1.40. The zero-order valence-electron chi connectivity index (χ0n) is 10.6. The minimum Gasteiger partial charge on any atom is -0.391 e. The lowest BCUT2D eigenvalue weighted by atomic mass is 10.1. The van der Waals surface area contributed by atoms with Crippen LogP contribution in [0, 0.1) is 23.0 Å². The van der Waals surface area contributed by atoms with Crippen LogP contribution in [-0.2, 0) is 0 Å². The van der Waals surface area contributed by atoms with Crippen molar-refractivity contribution in [2.75, 3.05) is 6.54 Å². The van der Waals surface area contributed by atoms with E-state index in [1.807, 2.05) is 0 Å². The molecule has 0 bridgehead atoms. The molecule has 0 aliphatic heterocycles. The molecule has 1 saturated carbocycles. The SMILES string of the molecule is Cc1cccc(C(=O)NCC(O)C2CC2)c1[N+](=O)[O-]. The average molecular weight is 264 g/mol. The van der Waals surface area contributed by atoms with Gasteiger partial charge in [-0.1, -0.05) is 12.1 Å². The first-order valence-electron chi connectivity index (χ1n) is 6.21. The third-order valence-corrected chi connectivity index (χ3v) is 3.30. The van der Waals surface area contributed by atoms with Gasteiger partial charge >= 0.3 is 0 Å². The van der Waals surface area contributed by atoms with Crippen LogP contribution in [0.25, 0.3) is 0 Å². The smallest absolute Gasteiger partial charge is 0.285 e. The second kappa shape index (κ2) is 5.36. The number of amides is 1. The molecule has 2 rings (SSSR count). The average Bonchev–Trinajstić information content (AvgIpc) is 3.18. The van der Waals surface area contributed by atoms with Crippen LogP contribution in [0.3, 0.4) is 0 Å². The Morgan fingerprint density at radius 3 is 2.84 bits per heavy atom. The summed E-state index contributed by atoms with van der Waals surface area (Å²) in [5, 5.41) is 23.2. The van der Waals surface area contributed by atoms with Crippen LogP contribution in [0.15, 0.2) is 18.2 Å². The number of benzene rings is 1. The van der Waals surface area contributed by atoms with Crippen molar-refractivity contribution >= 4 is 11.6 Å². The number of nitro groups is 1. The number of aliphatic hydroxyl groups excluding tert-OH is 1. The fourth-order valence-electron chi connectivity index (χ4n) is 2.02. The molecule has 0 aromatic heterocycles. The topological polar surface area (TPSA) is 92.5 Å². The molecule has 6 nitrogen and oxygen atoms in total. The summed E-state index contributed by atoms with van der Waals surface area (Å²) in [5.41, 5.74) is 0.300. The molecule has 0 saturated heterocycles. The summed E-state index contributed by atoms with van der Waals surface area (Å²) in [6.45, 7) is 1.72. The number of carbonyl (C=O) groups excluding carboxylic acids is 1. The molecule has 102 valence electrons. The zero-order chi connectivity index (χ0) is 14.0. The third kappa shape index (κ3) is 3.08. The normalized spacial score (nSPS) is 15.9. The van der Waals surface area contributed by atoms with Crippen molar-refractivity contribution in [3.8, 4) is 0 Å². The Kier molecular flexibility index (Phi) is 3.80. The molecule has 0 heterocycles. The molecule has 6 heteroatoms. The van der Waals surface area contributed by atoms with Crippen molar-refractivity contribution in [1.82, 2.24) is 5.32 Å². The van der Waals surface area contributed by atoms with Crippen molar-refractivity contribution in [2.45, 2.75) is 25.9 Å². The highest BCUT2D eigenvalue weighted by Gasteiger charge is 2.30. The number of hydrogen-bond acceptors (Lipinski definition) is 4. The van der Waals surface area contributed by atoms with E-state index >= 15 is 0 Å². The molecule has 1 aliphatic carbocycles. The number of nitro benzene ring substituents is 1. The van der Waals surface area contributed by atoms with E-state index in [9.17, 15) is 20.0 Å². The van der Waals surface area contributed by atoms with E-state index < -0.39 is 16.9 Å². The van der Waals surface area contributed by atoms with E-state index in [2.05, 4.69) is 5.32 Å². The second-order valence-electron chi connectivity index (χ2n) is 4.84. The summed E-state index contributed by atoms with van der Waals surface area (Å²) in [6, 6.07) is 4.62. The van der Waals surface area contributed by atoms with E-state index in [-0.39, 0.29) is 23.7 Å². The molecule has 1 aromatic carbocycles. The van der Waals surface area contributed by atoms with Crippen molar-refractivity contribution in [2.24, 2.45) is 5.92 Å². The summed E-state index contributed by atoms with van der Waals surface area (Å²) in [4.78, 5) is 22.4. The standard InChI is InChI=1S/C13H16N2O4/c1-8-3-2-4-10(12(8)15(18)19)13(17)14-7-11(16)9-5-6-9/h2-4,9,11,16H,5-7H2,1H3,(H,14,17). The van der Waals surface area contributed by atoms with E-state index in [0.717, 1.165) is 12.8 Å². The lowest BCUT2D eigenvalue weighted by molar-refractivity contribution is -0.385. The van der Waals surface area contributed by atoms with Gasteiger partial charge < -0.3 is 10.4 Å². The molecule has 1 atom stereocenters. The minimum absolute atomic E-state index is 0.0352. The molecule has 2 N–H and O–H groups in total. The lowest BCUT2D eigenvalue weighted by Crippen LogP contribution is -2.33. The maximum atomic E-state index is 11.9. The number of aryl methyl sites for hydroxylation is 1. The number of aliphatic hydroxyl groups is 1. The molecule has 1 aliphatic rings. The van der Waals surface area contributed by atoms with Crippen LogP contribution in [0.1, 0.15) is 28.8 Å². The fourth-order valence-corrected chi connectivity index (χ4v) is 2.02. The largest absolute Gasteiger partial charge is 0.391 e. The summed E-state index contributed by atoms with van der Waals surface area (Å²) in [5.74, 6) is -0.261. The van der Waals surface area contributed by atoms with Crippen LogP contribution in [0.2, 0.25) is 0 Å². The van der Waals surface area contributed by atoms with Gasteiger partial charge in [-0.3, -0.25) is 14.9 Å². The number of nitrogens with one attached hydrogen (secondary N) is 1. The first-order valence-corrected chi connectivity index (χ1v) is 6.21. The van der Waals surface area contributed by atoms with E-state index in [1.165, 1.54) is 6.07 Å². The summed E-state index contributed by atoms with van der Waals surface area (Å²) < 4.78 is 0. The number of hydrogen-bond donors (Lipinski definition) is 2. The van der Waals surface area contributed by atoms with Gasteiger partial charge in [0.1, 0.15) is 5.56 Å². The molecular weight excluding hydrogens is 248 g/mol. The van der Waals surface area contributed by atoms with Gasteiger partial charge in [0.05, 0.1) is 11.0 Å². The Hall–Kier alpha value is -1.95. The van der Waals surface area contributed by atoms with E-state index in [0.29, 0.717) is 5.56 Å². The zero-order valence-corrected chi connectivity index (χ0v) is 10.6. The molecule has 1 aromatic rings. The number of nitrogens with zero attached hydrogens (tertiary/aromatic N) is 1. The molecule has 0 radical (unpaired) electrons. The maximum absolute atomic E-state index is 11.9. The Labute approximate surface area is 110 Å². The second-order valence-corrected chi connectivity index (χ2v) is 4.84. The molecular formula is C13H16N2O4. The summed E-state index contributed by atoms with van der Waals surface area (Å²) >= 11 is 0. The van der Waals surface area contributed by atoms with Crippen LogP contribution in [0.4, 0.5) is 5.69 Å². The Bertz CT molecular complexity index is 511. The van der Waals surface area contributed by atoms with Crippen LogP contribution in [-0.4, -0.2) is 28.6 Å². The molecule has 1 fully saturated rings. The number of para-hydroxylation sites is 1. The molecule has 19 heavy (non-hydrogen) atoms. The highest BCUT2D eigenvalue weighted by atomic mass is 16.6. The first-order chi connectivity index (χ1) is 9.00. The number of rotatable bonds is 5. The molecule has 0 spiro atoms. The van der Waals surface area contributed by atoms with Gasteiger partial charge in [0.2, 0.25) is 0 Å². The van der Waals surface area contributed by atoms with Crippen molar-refractivity contribution < 1.29 is 14.8 Å². The highest BCUT2D eigenvalue weighted by molar-refractivity contribution is 5.98. The summed E-state index contributed by atoms with van der Waals surface area (Å²) in [6.07, 6.45) is 1.39. The van der Waals surface area contributed by atoms with Crippen LogP contribution < -0.4 is 5.32 Å². The Morgan fingerprint density at radius 2 is 2.26 bits per heavy atom. The summed E-state index contributed by atoms with van der Waals surface area (Å²) in [7, 11) is 0. The van der Waals surface area contributed by atoms with Gasteiger partial charge in [0.25, 0.3) is 11.6 Å². The van der Waals surface area contributed by atoms with Crippen LogP contribution >= 0.6 is 0 Å². The number of carbonyl (C=O) groups is 1. The first kappa shape index (κ1) is 13.5. The van der Waals surface area contributed by atoms with Gasteiger partial charge in [0, 0.05) is 12.1 Å². The highest BCUT2D eigenvalue weighted by Crippen LogP contribution is 2.32. The van der Waals surface area contributed by atoms with Gasteiger partial charge in [-0.25, -0.2) is 0 Å². The van der Waals surface area contributed by atoms with Gasteiger partial charge in [-0.2, -0.15) is 0 Å². The monoisotopic (exact) mass is 264 g/mol. The predicted molar refractivity (Wildman–Crippen MR) is 68.9 cm³/mol. The van der Waals surface area contributed by atoms with Gasteiger partial charge in [0.15, 0.2) is 0 Å². The van der Waals surface area contributed by atoms with E-state index in [4.69, 9.17) is 0 Å². The van der Waals surface area contributed by atoms with Crippen molar-refractivity contribution in [1.29, 1.82) is 0 Å². The Morgan fingerprint density at radius 1 is 1.58 bits per heavy atom. The fraction of sp³-hybridized carbons (Fsp3) is 0.462. The lowest BCUT2D eigenvalue weighted by Gasteiger charge is -2.11. The maximum Gasteiger partial charge on any atom is 0.285 e. The molecule has 1 unspecified atom stereocenters.